The summed E-state index contributed by atoms with van der Waals surface area (Å²) in [5, 5.41) is 18.7. The molecular formula is C32H29N7O6S. The Morgan fingerprint density at radius 2 is 1.54 bits per heavy atom. The number of carbonyl (C=O) groups excluding carboxylic acids is 3. The van der Waals surface area contributed by atoms with E-state index < -0.39 is 39.5 Å². The number of nitrogens with zero attached hydrogens (tertiary/aromatic N) is 5. The summed E-state index contributed by atoms with van der Waals surface area (Å²) in [5.74, 6) is 4.76. The molecule has 14 heteroatoms. The van der Waals surface area contributed by atoms with Gasteiger partial charge in [0.2, 0.25) is 23.5 Å². The van der Waals surface area contributed by atoms with E-state index in [9.17, 15) is 27.4 Å². The van der Waals surface area contributed by atoms with Crippen LogP contribution in [0.1, 0.15) is 40.9 Å². The number of amides is 3. The van der Waals surface area contributed by atoms with E-state index in [-0.39, 0.29) is 26.1 Å². The van der Waals surface area contributed by atoms with Crippen LogP contribution >= 0.6 is 0 Å². The van der Waals surface area contributed by atoms with Crippen LogP contribution in [0.25, 0.3) is 11.4 Å². The van der Waals surface area contributed by atoms with Crippen LogP contribution in [0, 0.1) is 18.8 Å². The molecule has 0 aliphatic carbocycles. The Kier molecular flexibility index (Phi) is 9.75. The number of fused-ring (bicyclic) bond motifs is 2. The Morgan fingerprint density at radius 1 is 0.891 bits per heavy atom. The average Bonchev–Trinajstić information content (AvgIpc) is 3.03. The van der Waals surface area contributed by atoms with Crippen LogP contribution in [0.5, 0.6) is 0 Å². The zero-order chi connectivity index (χ0) is 32.7. The molecule has 1 aromatic heterocycles. The molecule has 5 rings (SSSR count). The highest BCUT2D eigenvalue weighted by Crippen LogP contribution is 2.26. The van der Waals surface area contributed by atoms with Crippen LogP contribution in [0.3, 0.4) is 0 Å². The van der Waals surface area contributed by atoms with E-state index in [0.29, 0.717) is 34.0 Å². The van der Waals surface area contributed by atoms with Gasteiger partial charge >= 0.3 is 0 Å². The van der Waals surface area contributed by atoms with Crippen molar-refractivity contribution in [1.29, 1.82) is 0 Å². The highest BCUT2D eigenvalue weighted by Gasteiger charge is 2.35. The summed E-state index contributed by atoms with van der Waals surface area (Å²) in [7, 11) is -4.98. The Hall–Kier alpha value is -5.52. The zero-order valence-corrected chi connectivity index (χ0v) is 25.5. The molecule has 0 spiro atoms. The molecule has 0 saturated heterocycles. The first-order valence-corrected chi connectivity index (χ1v) is 15.7. The molecule has 0 bridgehead atoms. The summed E-state index contributed by atoms with van der Waals surface area (Å²) in [5.41, 5.74) is 3.95. The van der Waals surface area contributed by atoms with Crippen molar-refractivity contribution in [3.8, 4) is 23.2 Å². The lowest BCUT2D eigenvalue weighted by atomic mass is 10.0. The lowest BCUT2D eigenvalue weighted by Crippen LogP contribution is -2.45. The summed E-state index contributed by atoms with van der Waals surface area (Å²) in [4.78, 5) is 40.2. The van der Waals surface area contributed by atoms with Gasteiger partial charge in [-0.3, -0.25) is 18.9 Å². The smallest absolute Gasteiger partial charge is 0.277 e. The van der Waals surface area contributed by atoms with Gasteiger partial charge in [0.05, 0.1) is 18.7 Å². The molecule has 1 atom stereocenters. The second-order valence-corrected chi connectivity index (χ2v) is 12.0. The third-order valence-electron chi connectivity index (χ3n) is 7.12. The van der Waals surface area contributed by atoms with E-state index in [1.165, 1.54) is 4.90 Å². The van der Waals surface area contributed by atoms with E-state index in [0.717, 1.165) is 11.1 Å². The fourth-order valence-corrected chi connectivity index (χ4v) is 5.39. The molecule has 0 saturated carbocycles. The van der Waals surface area contributed by atoms with Crippen molar-refractivity contribution in [3.63, 3.8) is 0 Å². The summed E-state index contributed by atoms with van der Waals surface area (Å²) in [6, 6.07) is 21.2. The van der Waals surface area contributed by atoms with Crippen LogP contribution in [0.2, 0.25) is 0 Å². The number of rotatable bonds is 10. The van der Waals surface area contributed by atoms with Crippen LogP contribution in [-0.4, -0.2) is 62.9 Å². The van der Waals surface area contributed by atoms with E-state index >= 15 is 0 Å². The monoisotopic (exact) mass is 639 g/mol. The molecule has 3 aromatic carbocycles. The maximum Gasteiger partial charge on any atom is 0.277 e. The fraction of sp³-hybridized carbons (Fsp3) is 0.219. The zero-order valence-electron chi connectivity index (χ0n) is 24.7. The Bertz CT molecular complexity index is 1940. The average molecular weight is 640 g/mol. The minimum absolute atomic E-state index is 0.0809. The highest BCUT2D eigenvalue weighted by atomic mass is 32.2. The third kappa shape index (κ3) is 7.95. The van der Waals surface area contributed by atoms with Crippen molar-refractivity contribution < 1.29 is 27.4 Å². The van der Waals surface area contributed by atoms with Gasteiger partial charge in [0.25, 0.3) is 10.1 Å². The maximum absolute atomic E-state index is 13.6. The van der Waals surface area contributed by atoms with E-state index in [2.05, 4.69) is 42.9 Å². The molecule has 0 fully saturated rings. The molecule has 1 unspecified atom stereocenters. The van der Waals surface area contributed by atoms with E-state index in [4.69, 9.17) is 0 Å². The van der Waals surface area contributed by atoms with Gasteiger partial charge in [0, 0.05) is 36.2 Å². The molecule has 1 aliphatic heterocycles. The molecule has 4 aromatic rings. The number of benzene rings is 3. The molecule has 0 radical (unpaired) electrons. The predicted octanol–water partition coefficient (Wildman–Crippen LogP) is 1.96. The molecule has 234 valence electrons. The predicted molar refractivity (Wildman–Crippen MR) is 167 cm³/mol. The van der Waals surface area contributed by atoms with Crippen molar-refractivity contribution in [1.82, 2.24) is 31.0 Å². The number of nitrogens with one attached hydrogen (secondary N) is 2. The minimum atomic E-state index is -4.98. The summed E-state index contributed by atoms with van der Waals surface area (Å²) in [6.45, 7) is 1.75. The van der Waals surface area contributed by atoms with Gasteiger partial charge in [-0.2, -0.15) is 8.42 Å². The van der Waals surface area contributed by atoms with Gasteiger partial charge in [-0.15, -0.1) is 20.4 Å². The molecule has 3 amide bonds. The SMILES string of the molecule is Cc1nnc(-c2ccc(CNC(=O)CCNC(=O)C(CC(=O)N3Cc4ccccc4C#Cc4ccccc43)S(=O)(=O)O)cc2)nn1. The lowest BCUT2D eigenvalue weighted by Gasteiger charge is -2.27. The number of aryl methyl sites for hydroxylation is 1. The second-order valence-electron chi connectivity index (χ2n) is 10.4. The standard InChI is InChI=1S/C32H29N7O6S/c1-21-35-37-31(38-36-21)25-12-10-22(11-13-25)19-34-29(40)16-17-33-32(42)28(46(43,44)45)18-30(41)39-20-26-8-3-2-6-23(26)14-15-24-7-4-5-9-27(24)39/h2-13,28H,16-20H2,1H3,(H,33,42)(H,34,40)(H,43,44,45). The minimum Gasteiger partial charge on any atom is -0.354 e. The van der Waals surface area contributed by atoms with Gasteiger partial charge in [0.15, 0.2) is 11.1 Å². The van der Waals surface area contributed by atoms with Crippen molar-refractivity contribution in [2.75, 3.05) is 11.4 Å². The first-order chi connectivity index (χ1) is 22.1. The maximum atomic E-state index is 13.6. The number of hydrogen-bond donors (Lipinski definition) is 3. The van der Waals surface area contributed by atoms with Crippen molar-refractivity contribution >= 4 is 33.5 Å². The van der Waals surface area contributed by atoms with Crippen molar-refractivity contribution in [3.05, 3.63) is 101 Å². The summed E-state index contributed by atoms with van der Waals surface area (Å²) in [6.07, 6.45) is -0.990. The number of anilines is 1. The third-order valence-corrected chi connectivity index (χ3v) is 8.22. The van der Waals surface area contributed by atoms with E-state index in [1.54, 1.807) is 67.6 Å². The number of hydrogen-bond acceptors (Lipinski definition) is 9. The molecule has 13 nitrogen and oxygen atoms in total. The van der Waals surface area contributed by atoms with Gasteiger partial charge in [-0.1, -0.05) is 66.4 Å². The van der Waals surface area contributed by atoms with Crippen LogP contribution < -0.4 is 15.5 Å². The number of para-hydroxylation sites is 1. The second kappa shape index (κ2) is 14.1. The lowest BCUT2D eigenvalue weighted by molar-refractivity contribution is -0.125. The number of carbonyl (C=O) groups is 3. The molecule has 3 N–H and O–H groups in total. The quantitative estimate of drug-likeness (QED) is 0.171. The van der Waals surface area contributed by atoms with Crippen LogP contribution in [0.15, 0.2) is 72.8 Å². The molecule has 46 heavy (non-hydrogen) atoms. The van der Waals surface area contributed by atoms with Crippen LogP contribution in [0.4, 0.5) is 5.69 Å². The van der Waals surface area contributed by atoms with Gasteiger partial charge in [-0.25, -0.2) is 0 Å². The number of aromatic nitrogens is 4. The molecule has 2 heterocycles. The van der Waals surface area contributed by atoms with E-state index in [1.807, 2.05) is 12.1 Å². The van der Waals surface area contributed by atoms with Crippen molar-refractivity contribution in [2.24, 2.45) is 0 Å². The Morgan fingerprint density at radius 3 is 2.26 bits per heavy atom. The topological polar surface area (TPSA) is 184 Å². The highest BCUT2D eigenvalue weighted by molar-refractivity contribution is 7.87. The van der Waals surface area contributed by atoms with Gasteiger partial charge in [-0.05, 0) is 36.2 Å². The summed E-state index contributed by atoms with van der Waals surface area (Å²) >= 11 is 0. The normalized spacial score (nSPS) is 12.7. The first kappa shape index (κ1) is 31.9. The van der Waals surface area contributed by atoms with Gasteiger partial charge in [0.1, 0.15) is 0 Å². The molecule has 1 aliphatic rings. The van der Waals surface area contributed by atoms with Gasteiger partial charge < -0.3 is 15.5 Å². The first-order valence-electron chi connectivity index (χ1n) is 14.2. The Labute approximate surface area is 265 Å². The summed E-state index contributed by atoms with van der Waals surface area (Å²) < 4.78 is 34.4. The molecular weight excluding hydrogens is 610 g/mol. The Balaban J connectivity index is 1.17. The van der Waals surface area contributed by atoms with Crippen LogP contribution in [-0.2, 0) is 37.6 Å². The largest absolute Gasteiger partial charge is 0.354 e. The van der Waals surface area contributed by atoms with Crippen molar-refractivity contribution in [2.45, 2.75) is 38.1 Å². The fourth-order valence-electron chi connectivity index (χ4n) is 4.68.